The van der Waals surface area contributed by atoms with Crippen molar-refractivity contribution in [2.45, 2.75) is 13.0 Å². The van der Waals surface area contributed by atoms with E-state index in [2.05, 4.69) is 0 Å². The Morgan fingerprint density at radius 3 is 2.76 bits per heavy atom. The molecule has 0 unspecified atom stereocenters. The van der Waals surface area contributed by atoms with Crippen LogP contribution in [0.1, 0.15) is 16.7 Å². The molecule has 1 heterocycles. The SMILES string of the molecule is NC(=S)c1ccc(CN2C(=O)Cc3ccccc32)c(F)c1. The summed E-state index contributed by atoms with van der Waals surface area (Å²) in [4.78, 5) is 13.8. The van der Waals surface area contributed by atoms with Crippen molar-refractivity contribution >= 4 is 28.8 Å². The van der Waals surface area contributed by atoms with Gasteiger partial charge >= 0.3 is 0 Å². The topological polar surface area (TPSA) is 46.3 Å². The van der Waals surface area contributed by atoms with E-state index >= 15 is 0 Å². The Hall–Kier alpha value is -2.27. The van der Waals surface area contributed by atoms with E-state index in [-0.39, 0.29) is 17.4 Å². The number of halogens is 1. The van der Waals surface area contributed by atoms with Gasteiger partial charge in [-0.1, -0.05) is 42.5 Å². The number of hydrogen-bond acceptors (Lipinski definition) is 2. The zero-order valence-electron chi connectivity index (χ0n) is 11.2. The van der Waals surface area contributed by atoms with Gasteiger partial charge in [0.15, 0.2) is 0 Å². The molecule has 0 aliphatic carbocycles. The first kappa shape index (κ1) is 13.7. The van der Waals surface area contributed by atoms with Crippen LogP contribution in [0.4, 0.5) is 10.1 Å². The fourth-order valence-corrected chi connectivity index (χ4v) is 2.62. The number of anilines is 1. The summed E-state index contributed by atoms with van der Waals surface area (Å²) < 4.78 is 14.1. The first-order valence-corrected chi connectivity index (χ1v) is 6.93. The highest BCUT2D eigenvalue weighted by atomic mass is 32.1. The molecule has 2 N–H and O–H groups in total. The summed E-state index contributed by atoms with van der Waals surface area (Å²) in [5.74, 6) is -0.425. The van der Waals surface area contributed by atoms with Gasteiger partial charge in [0.2, 0.25) is 5.91 Å². The minimum atomic E-state index is -0.405. The number of benzene rings is 2. The van der Waals surface area contributed by atoms with Gasteiger partial charge in [0.1, 0.15) is 10.8 Å². The van der Waals surface area contributed by atoms with E-state index in [1.807, 2.05) is 24.3 Å². The fourth-order valence-electron chi connectivity index (χ4n) is 2.49. The van der Waals surface area contributed by atoms with E-state index in [4.69, 9.17) is 18.0 Å². The number of thiocarbonyl (C=S) groups is 1. The number of fused-ring (bicyclic) bond motifs is 1. The Kier molecular flexibility index (Phi) is 3.43. The Morgan fingerprint density at radius 1 is 1.29 bits per heavy atom. The van der Waals surface area contributed by atoms with Crippen LogP contribution in [0.5, 0.6) is 0 Å². The molecule has 0 saturated carbocycles. The quantitative estimate of drug-likeness (QED) is 0.886. The molecule has 3 rings (SSSR count). The smallest absolute Gasteiger partial charge is 0.231 e. The van der Waals surface area contributed by atoms with Crippen LogP contribution in [-0.2, 0) is 17.8 Å². The molecule has 0 spiro atoms. The third kappa shape index (κ3) is 2.52. The van der Waals surface area contributed by atoms with Gasteiger partial charge in [0, 0.05) is 16.8 Å². The molecule has 21 heavy (non-hydrogen) atoms. The number of carbonyl (C=O) groups excluding carboxylic acids is 1. The number of para-hydroxylation sites is 1. The third-order valence-electron chi connectivity index (χ3n) is 3.59. The molecule has 0 atom stereocenters. The number of nitrogens with two attached hydrogens (primary N) is 1. The maximum Gasteiger partial charge on any atom is 0.231 e. The second-order valence-corrected chi connectivity index (χ2v) is 5.40. The van der Waals surface area contributed by atoms with Gasteiger partial charge in [0.05, 0.1) is 13.0 Å². The highest BCUT2D eigenvalue weighted by Crippen LogP contribution is 2.30. The Bertz CT molecular complexity index is 745. The van der Waals surface area contributed by atoms with Crippen LogP contribution in [-0.4, -0.2) is 10.9 Å². The van der Waals surface area contributed by atoms with Gasteiger partial charge in [-0.3, -0.25) is 4.79 Å². The van der Waals surface area contributed by atoms with Crippen molar-refractivity contribution in [1.29, 1.82) is 0 Å². The molecule has 1 aliphatic heterocycles. The summed E-state index contributed by atoms with van der Waals surface area (Å²) in [6, 6.07) is 12.2. The van der Waals surface area contributed by atoms with Crippen LogP contribution in [0.15, 0.2) is 42.5 Å². The lowest BCUT2D eigenvalue weighted by Crippen LogP contribution is -2.26. The number of rotatable bonds is 3. The van der Waals surface area contributed by atoms with Crippen molar-refractivity contribution in [3.63, 3.8) is 0 Å². The first-order valence-electron chi connectivity index (χ1n) is 6.53. The molecular weight excluding hydrogens is 287 g/mol. The molecule has 5 heteroatoms. The Morgan fingerprint density at radius 2 is 2.05 bits per heavy atom. The van der Waals surface area contributed by atoms with Gasteiger partial charge in [-0.15, -0.1) is 0 Å². The molecule has 106 valence electrons. The maximum absolute atomic E-state index is 14.1. The van der Waals surface area contributed by atoms with Crippen molar-refractivity contribution in [3.8, 4) is 0 Å². The largest absolute Gasteiger partial charge is 0.389 e. The molecule has 1 aliphatic rings. The highest BCUT2D eigenvalue weighted by Gasteiger charge is 2.27. The summed E-state index contributed by atoms with van der Waals surface area (Å²) in [6.07, 6.45) is 0.364. The fraction of sp³-hybridized carbons (Fsp3) is 0.125. The van der Waals surface area contributed by atoms with Gasteiger partial charge in [-0.2, -0.15) is 0 Å². The predicted octanol–water partition coefficient (Wildman–Crippen LogP) is 2.55. The molecule has 0 aromatic heterocycles. The van der Waals surface area contributed by atoms with Crippen LogP contribution in [0.2, 0.25) is 0 Å². The summed E-state index contributed by atoms with van der Waals surface area (Å²) in [6.45, 7) is 0.208. The number of carbonyl (C=O) groups is 1. The normalized spacial score (nSPS) is 13.4. The van der Waals surface area contributed by atoms with Crippen molar-refractivity contribution < 1.29 is 9.18 Å². The summed E-state index contributed by atoms with van der Waals surface area (Å²) in [5.41, 5.74) is 8.23. The lowest BCUT2D eigenvalue weighted by Gasteiger charge is -2.18. The minimum absolute atomic E-state index is 0.0194. The van der Waals surface area contributed by atoms with Gasteiger partial charge < -0.3 is 10.6 Å². The van der Waals surface area contributed by atoms with Gasteiger partial charge in [-0.05, 0) is 17.7 Å². The third-order valence-corrected chi connectivity index (χ3v) is 3.83. The second-order valence-electron chi connectivity index (χ2n) is 4.96. The van der Waals surface area contributed by atoms with Crippen molar-refractivity contribution in [3.05, 3.63) is 65.0 Å². The van der Waals surface area contributed by atoms with E-state index < -0.39 is 5.82 Å². The van der Waals surface area contributed by atoms with Crippen molar-refractivity contribution in [1.82, 2.24) is 0 Å². The van der Waals surface area contributed by atoms with E-state index in [9.17, 15) is 9.18 Å². The van der Waals surface area contributed by atoms with Crippen LogP contribution >= 0.6 is 12.2 Å². The molecule has 3 nitrogen and oxygen atoms in total. The average Bonchev–Trinajstić information content (AvgIpc) is 2.77. The zero-order chi connectivity index (χ0) is 15.0. The van der Waals surface area contributed by atoms with Gasteiger partial charge in [-0.25, -0.2) is 4.39 Å². The van der Waals surface area contributed by atoms with E-state index in [0.717, 1.165) is 11.3 Å². The van der Waals surface area contributed by atoms with Crippen LogP contribution < -0.4 is 10.6 Å². The van der Waals surface area contributed by atoms with E-state index in [0.29, 0.717) is 17.5 Å². The molecule has 2 aromatic carbocycles. The molecule has 0 radical (unpaired) electrons. The standard InChI is InChI=1S/C16H13FN2OS/c17-13-7-11(16(18)21)5-6-12(13)9-19-14-4-2-1-3-10(14)8-15(19)20/h1-7H,8-9H2,(H2,18,21). The summed E-state index contributed by atoms with van der Waals surface area (Å²) in [7, 11) is 0. The monoisotopic (exact) mass is 300 g/mol. The summed E-state index contributed by atoms with van der Waals surface area (Å²) >= 11 is 4.83. The van der Waals surface area contributed by atoms with Crippen LogP contribution in [0.25, 0.3) is 0 Å². The van der Waals surface area contributed by atoms with Gasteiger partial charge in [0.25, 0.3) is 0 Å². The number of hydrogen-bond donors (Lipinski definition) is 1. The molecule has 0 saturated heterocycles. The van der Waals surface area contributed by atoms with E-state index in [1.54, 1.807) is 17.0 Å². The number of amides is 1. The Labute approximate surface area is 127 Å². The maximum atomic E-state index is 14.1. The molecular formula is C16H13FN2OS. The summed E-state index contributed by atoms with van der Waals surface area (Å²) in [5, 5.41) is 0. The average molecular weight is 300 g/mol. The van der Waals surface area contributed by atoms with Crippen molar-refractivity contribution in [2.24, 2.45) is 5.73 Å². The molecule has 1 amide bonds. The Balaban J connectivity index is 1.91. The predicted molar refractivity (Wildman–Crippen MR) is 83.6 cm³/mol. The minimum Gasteiger partial charge on any atom is -0.389 e. The number of nitrogens with zero attached hydrogens (tertiary/aromatic N) is 1. The van der Waals surface area contributed by atoms with Crippen molar-refractivity contribution in [2.75, 3.05) is 4.90 Å². The first-order chi connectivity index (χ1) is 10.1. The van der Waals surface area contributed by atoms with Crippen LogP contribution in [0.3, 0.4) is 0 Å². The van der Waals surface area contributed by atoms with Crippen LogP contribution in [0, 0.1) is 5.82 Å². The lowest BCUT2D eigenvalue weighted by molar-refractivity contribution is -0.117. The highest BCUT2D eigenvalue weighted by molar-refractivity contribution is 7.80. The molecule has 0 fully saturated rings. The molecule has 2 aromatic rings. The lowest BCUT2D eigenvalue weighted by atomic mass is 10.1. The van der Waals surface area contributed by atoms with E-state index in [1.165, 1.54) is 6.07 Å². The zero-order valence-corrected chi connectivity index (χ0v) is 12.0. The second kappa shape index (κ2) is 5.26. The molecule has 0 bridgehead atoms.